The zero-order valence-electron chi connectivity index (χ0n) is 31.2. The number of rotatable bonds is 3. The monoisotopic (exact) mass is 721 g/mol. The minimum absolute atomic E-state index is 0.448. The van der Waals surface area contributed by atoms with Crippen molar-refractivity contribution in [3.8, 4) is 39.1 Å². The molecule has 0 radical (unpaired) electrons. The van der Waals surface area contributed by atoms with Crippen LogP contribution in [0, 0.1) is 0 Å². The number of hydrogen-bond donors (Lipinski definition) is 0. The van der Waals surface area contributed by atoms with Crippen molar-refractivity contribution in [3.05, 3.63) is 257 Å². The fraction of sp³-hybridized carbons (Fsp3) is 0.0357. The second-order valence-electron chi connectivity index (χ2n) is 15.9. The average Bonchev–Trinajstić information content (AvgIpc) is 3.90. The molecular formula is C56H35N. The number of nitrogens with zero attached hydrogens (tertiary/aromatic N) is 1. The molecule has 13 rings (SSSR count). The SMILES string of the molecule is c1ccc(-n2c3ccccc3c3ccc(-c4cccc5c4-c4ccccc4C54c5ccccc5C5(c6ccccc6)c6ccccc6-c6cccc4c65)cc32)cc1. The summed E-state index contributed by atoms with van der Waals surface area (Å²) in [6.45, 7) is 0. The Morgan fingerprint density at radius 1 is 0.316 bits per heavy atom. The molecule has 3 aliphatic carbocycles. The predicted octanol–water partition coefficient (Wildman–Crippen LogP) is 13.5. The third-order valence-corrected chi connectivity index (χ3v) is 13.5. The maximum absolute atomic E-state index is 2.45. The normalized spacial score (nSPS) is 18.0. The van der Waals surface area contributed by atoms with Gasteiger partial charge in [-0.2, -0.15) is 0 Å². The molecule has 2 unspecified atom stereocenters. The van der Waals surface area contributed by atoms with Crippen LogP contribution in [0.25, 0.3) is 60.9 Å². The summed E-state index contributed by atoms with van der Waals surface area (Å²) in [6, 6.07) is 79.9. The van der Waals surface area contributed by atoms with Crippen molar-refractivity contribution in [3.63, 3.8) is 0 Å². The van der Waals surface area contributed by atoms with Gasteiger partial charge in [-0.15, -0.1) is 0 Å². The fourth-order valence-corrected chi connectivity index (χ4v) is 11.5. The van der Waals surface area contributed by atoms with Gasteiger partial charge in [-0.3, -0.25) is 0 Å². The van der Waals surface area contributed by atoms with E-state index < -0.39 is 10.8 Å². The second kappa shape index (κ2) is 11.2. The molecule has 0 saturated carbocycles. The molecule has 0 amide bonds. The highest BCUT2D eigenvalue weighted by molar-refractivity contribution is 6.11. The van der Waals surface area contributed by atoms with E-state index in [0.717, 1.165) is 0 Å². The molecule has 264 valence electrons. The van der Waals surface area contributed by atoms with Crippen molar-refractivity contribution >= 4 is 21.8 Å². The Morgan fingerprint density at radius 2 is 0.860 bits per heavy atom. The van der Waals surface area contributed by atoms with Gasteiger partial charge in [-0.1, -0.05) is 188 Å². The average molecular weight is 722 g/mol. The first-order chi connectivity index (χ1) is 28.3. The Kier molecular flexibility index (Phi) is 6.09. The van der Waals surface area contributed by atoms with Crippen LogP contribution in [0.15, 0.2) is 212 Å². The van der Waals surface area contributed by atoms with Crippen molar-refractivity contribution in [2.45, 2.75) is 10.8 Å². The van der Waals surface area contributed by atoms with Crippen molar-refractivity contribution in [1.82, 2.24) is 4.57 Å². The van der Waals surface area contributed by atoms with Crippen LogP contribution in [0.4, 0.5) is 0 Å². The maximum Gasteiger partial charge on any atom is 0.0720 e. The molecule has 1 nitrogen and oxygen atoms in total. The molecule has 57 heavy (non-hydrogen) atoms. The van der Waals surface area contributed by atoms with Gasteiger partial charge >= 0.3 is 0 Å². The lowest BCUT2D eigenvalue weighted by Crippen LogP contribution is -2.43. The Morgan fingerprint density at radius 3 is 1.65 bits per heavy atom. The molecule has 1 aromatic heterocycles. The van der Waals surface area contributed by atoms with Gasteiger partial charge in [-0.05, 0) is 102 Å². The summed E-state index contributed by atoms with van der Waals surface area (Å²) in [5, 5.41) is 2.53. The minimum atomic E-state index is -0.521. The van der Waals surface area contributed by atoms with Gasteiger partial charge in [-0.25, -0.2) is 0 Å². The minimum Gasteiger partial charge on any atom is -0.309 e. The molecule has 3 aliphatic rings. The molecule has 0 fully saturated rings. The van der Waals surface area contributed by atoms with Gasteiger partial charge in [0.1, 0.15) is 0 Å². The number of hydrogen-bond acceptors (Lipinski definition) is 0. The van der Waals surface area contributed by atoms with Crippen LogP contribution in [-0.2, 0) is 10.8 Å². The van der Waals surface area contributed by atoms with E-state index in [1.807, 2.05) is 0 Å². The summed E-state index contributed by atoms with van der Waals surface area (Å²) in [6.07, 6.45) is 0. The van der Waals surface area contributed by atoms with Crippen LogP contribution in [0.3, 0.4) is 0 Å². The van der Waals surface area contributed by atoms with E-state index in [9.17, 15) is 0 Å². The molecule has 1 spiro atoms. The highest BCUT2D eigenvalue weighted by Gasteiger charge is 2.59. The third kappa shape index (κ3) is 3.70. The first-order valence-corrected chi connectivity index (χ1v) is 20.0. The van der Waals surface area contributed by atoms with Crippen LogP contribution in [0.5, 0.6) is 0 Å². The summed E-state index contributed by atoms with van der Waals surface area (Å²) in [5.41, 5.74) is 21.3. The Balaban J connectivity index is 1.15. The maximum atomic E-state index is 2.45. The van der Waals surface area contributed by atoms with Crippen molar-refractivity contribution in [2.75, 3.05) is 0 Å². The topological polar surface area (TPSA) is 4.93 Å². The standard InChI is InChI=1S/C56H35N/c1-3-17-37(18-4-1)55-45-26-10-7-21-40(45)43-25-16-31-50(54(43)55)56(48-29-13-12-28-47(48)55)46-27-11-8-23-44(46)53-39(24-15-30-49(53)56)36-33-34-42-41-22-9-14-32-51(41)57(52(42)35-36)38-19-5-2-6-20-38/h1-35H. The molecule has 2 atom stereocenters. The van der Waals surface area contributed by atoms with Crippen molar-refractivity contribution < 1.29 is 0 Å². The largest absolute Gasteiger partial charge is 0.309 e. The summed E-state index contributed by atoms with van der Waals surface area (Å²) >= 11 is 0. The number of aromatic nitrogens is 1. The summed E-state index contributed by atoms with van der Waals surface area (Å²) in [7, 11) is 0. The smallest absolute Gasteiger partial charge is 0.0720 e. The van der Waals surface area contributed by atoms with Gasteiger partial charge in [0.2, 0.25) is 0 Å². The lowest BCUT2D eigenvalue weighted by atomic mass is 9.52. The zero-order chi connectivity index (χ0) is 37.3. The van der Waals surface area contributed by atoms with Crippen LogP contribution in [0.1, 0.15) is 44.5 Å². The first-order valence-electron chi connectivity index (χ1n) is 20.0. The molecule has 0 aliphatic heterocycles. The quantitative estimate of drug-likeness (QED) is 0.171. The van der Waals surface area contributed by atoms with Crippen molar-refractivity contribution in [1.29, 1.82) is 0 Å². The fourth-order valence-electron chi connectivity index (χ4n) is 11.5. The van der Waals surface area contributed by atoms with Crippen LogP contribution in [0.2, 0.25) is 0 Å². The van der Waals surface area contributed by atoms with Gasteiger partial charge in [0.25, 0.3) is 0 Å². The Bertz CT molecular complexity index is 3300. The number of fused-ring (bicyclic) bond motifs is 15. The lowest BCUT2D eigenvalue weighted by molar-refractivity contribution is 0.636. The molecule has 0 saturated heterocycles. The van der Waals surface area contributed by atoms with Crippen LogP contribution < -0.4 is 0 Å². The molecule has 1 heterocycles. The van der Waals surface area contributed by atoms with E-state index >= 15 is 0 Å². The van der Waals surface area contributed by atoms with E-state index in [0.29, 0.717) is 0 Å². The molecule has 9 aromatic carbocycles. The highest BCUT2D eigenvalue weighted by atomic mass is 15.0. The summed E-state index contributed by atoms with van der Waals surface area (Å²) < 4.78 is 2.43. The van der Waals surface area contributed by atoms with Crippen LogP contribution >= 0.6 is 0 Å². The third-order valence-electron chi connectivity index (χ3n) is 13.5. The van der Waals surface area contributed by atoms with Crippen molar-refractivity contribution in [2.24, 2.45) is 0 Å². The van der Waals surface area contributed by atoms with Gasteiger partial charge in [0.05, 0.1) is 21.9 Å². The van der Waals surface area contributed by atoms with E-state index in [-0.39, 0.29) is 0 Å². The summed E-state index contributed by atoms with van der Waals surface area (Å²) in [4.78, 5) is 0. The lowest BCUT2D eigenvalue weighted by Gasteiger charge is -2.48. The van der Waals surface area contributed by atoms with E-state index in [2.05, 4.69) is 217 Å². The molecule has 10 aromatic rings. The predicted molar refractivity (Wildman–Crippen MR) is 234 cm³/mol. The Labute approximate surface area is 331 Å². The van der Waals surface area contributed by atoms with Crippen LogP contribution in [-0.4, -0.2) is 4.57 Å². The number of para-hydroxylation sites is 2. The zero-order valence-corrected chi connectivity index (χ0v) is 31.2. The van der Waals surface area contributed by atoms with Gasteiger partial charge in [0, 0.05) is 16.5 Å². The molecule has 1 heteroatoms. The number of benzene rings is 9. The first kappa shape index (κ1) is 31.0. The van der Waals surface area contributed by atoms with Gasteiger partial charge in [0.15, 0.2) is 0 Å². The molecular weight excluding hydrogens is 687 g/mol. The van der Waals surface area contributed by atoms with E-state index in [1.165, 1.54) is 105 Å². The van der Waals surface area contributed by atoms with E-state index in [4.69, 9.17) is 0 Å². The highest BCUT2D eigenvalue weighted by Crippen LogP contribution is 2.69. The molecule has 0 bridgehead atoms. The van der Waals surface area contributed by atoms with Gasteiger partial charge < -0.3 is 4.57 Å². The second-order valence-corrected chi connectivity index (χ2v) is 15.9. The summed E-state index contributed by atoms with van der Waals surface area (Å²) in [5.74, 6) is 0. The molecule has 0 N–H and O–H groups in total. The van der Waals surface area contributed by atoms with E-state index in [1.54, 1.807) is 0 Å². The Hall–Kier alpha value is -7.22.